The number of anilines is 1. The second-order valence-corrected chi connectivity index (χ2v) is 9.66. The van der Waals surface area contributed by atoms with Crippen LogP contribution in [0.25, 0.3) is 11.8 Å². The lowest BCUT2D eigenvalue weighted by Gasteiger charge is -2.42. The summed E-state index contributed by atoms with van der Waals surface area (Å²) in [6.07, 6.45) is 6.91. The maximum atomic E-state index is 13.4. The van der Waals surface area contributed by atoms with E-state index in [1.807, 2.05) is 35.1 Å². The van der Waals surface area contributed by atoms with Crippen LogP contribution in [0.1, 0.15) is 49.9 Å². The fraction of sp³-hybridized carbons (Fsp3) is 0.357. The van der Waals surface area contributed by atoms with Crippen LogP contribution in [-0.2, 0) is 17.6 Å². The van der Waals surface area contributed by atoms with E-state index in [2.05, 4.69) is 23.4 Å². The van der Waals surface area contributed by atoms with Crippen molar-refractivity contribution < 1.29 is 19.0 Å². The number of benzene rings is 2. The lowest BCUT2D eigenvalue weighted by Crippen LogP contribution is -2.45. The number of fused-ring (bicyclic) bond motifs is 2. The van der Waals surface area contributed by atoms with Crippen molar-refractivity contribution in [1.82, 2.24) is 9.78 Å². The number of nitrogens with zero attached hydrogens (tertiary/aromatic N) is 2. The third-order valence-corrected chi connectivity index (χ3v) is 7.69. The Labute approximate surface area is 204 Å². The van der Waals surface area contributed by atoms with Gasteiger partial charge in [-0.1, -0.05) is 30.7 Å². The molecule has 182 valence electrons. The fourth-order valence-electron chi connectivity index (χ4n) is 5.60. The molecule has 0 unspecified atom stereocenters. The van der Waals surface area contributed by atoms with Crippen LogP contribution in [0.5, 0.6) is 0 Å². The summed E-state index contributed by atoms with van der Waals surface area (Å²) in [4.78, 5) is 11.9. The standard InChI is InChI=1S/C28H30FN3O3/c1-3-35-26(33)31-24-7-5-4-6-19(24)12-14-28(34)15-13-21-16-25-20(17-27(21,28)2)18-30-32(25)23-10-8-22(29)9-11-23/h4-11,16,18,34H,3,12-15,17H2,1-2H3,(H,31,33)/t27-,28-/m0/s1. The van der Waals surface area contributed by atoms with Crippen molar-refractivity contribution in [1.29, 1.82) is 0 Å². The maximum absolute atomic E-state index is 13.4. The third-order valence-electron chi connectivity index (χ3n) is 7.69. The highest BCUT2D eigenvalue weighted by atomic mass is 19.1. The quantitative estimate of drug-likeness (QED) is 0.481. The number of rotatable bonds is 6. The molecule has 0 spiro atoms. The largest absolute Gasteiger partial charge is 0.450 e. The van der Waals surface area contributed by atoms with Crippen molar-refractivity contribution in [3.05, 3.63) is 82.9 Å². The first kappa shape index (κ1) is 23.3. The molecule has 7 heteroatoms. The summed E-state index contributed by atoms with van der Waals surface area (Å²) in [5, 5.41) is 19.3. The van der Waals surface area contributed by atoms with Crippen molar-refractivity contribution in [2.45, 2.75) is 51.6 Å². The minimum absolute atomic E-state index is 0.277. The van der Waals surface area contributed by atoms with Gasteiger partial charge in [-0.25, -0.2) is 13.9 Å². The molecular formula is C28H30FN3O3. The molecule has 0 bridgehead atoms. The summed E-state index contributed by atoms with van der Waals surface area (Å²) >= 11 is 0. The van der Waals surface area contributed by atoms with Crippen LogP contribution in [0, 0.1) is 11.2 Å². The second-order valence-electron chi connectivity index (χ2n) is 9.66. The number of aryl methyl sites for hydroxylation is 1. The molecule has 0 aliphatic heterocycles. The first-order valence-corrected chi connectivity index (χ1v) is 12.1. The van der Waals surface area contributed by atoms with Gasteiger partial charge in [-0.05, 0) is 86.6 Å². The fourth-order valence-corrected chi connectivity index (χ4v) is 5.60. The van der Waals surface area contributed by atoms with E-state index in [1.165, 1.54) is 17.7 Å². The number of carbonyl (C=O) groups excluding carboxylic acids is 1. The van der Waals surface area contributed by atoms with Crippen LogP contribution >= 0.6 is 0 Å². The molecule has 3 aromatic rings. The van der Waals surface area contributed by atoms with Crippen molar-refractivity contribution in [2.24, 2.45) is 5.41 Å². The highest BCUT2D eigenvalue weighted by molar-refractivity contribution is 5.85. The Morgan fingerprint density at radius 2 is 2.00 bits per heavy atom. The average Bonchev–Trinajstić information content (AvgIpc) is 3.35. The van der Waals surface area contributed by atoms with E-state index < -0.39 is 17.1 Å². The number of hydrogen-bond donors (Lipinski definition) is 2. The van der Waals surface area contributed by atoms with Crippen LogP contribution in [0.15, 0.2) is 60.3 Å². The molecule has 1 amide bonds. The summed E-state index contributed by atoms with van der Waals surface area (Å²) in [5.74, 6) is -0.277. The SMILES string of the molecule is CCOC(=O)Nc1ccccc1CC[C@]1(O)CCC2=Cc3c(cnn3-c3ccc(F)cc3)C[C@@]21C. The van der Waals surface area contributed by atoms with Gasteiger partial charge in [-0.2, -0.15) is 5.10 Å². The molecule has 2 N–H and O–H groups in total. The smallest absolute Gasteiger partial charge is 0.411 e. The Morgan fingerprint density at radius 1 is 1.23 bits per heavy atom. The first-order chi connectivity index (χ1) is 16.8. The summed E-state index contributed by atoms with van der Waals surface area (Å²) < 4.78 is 20.3. The minimum atomic E-state index is -0.883. The predicted octanol–water partition coefficient (Wildman–Crippen LogP) is 5.68. The lowest BCUT2D eigenvalue weighted by molar-refractivity contribution is -0.0461. The molecule has 1 fully saturated rings. The zero-order valence-electron chi connectivity index (χ0n) is 20.1. The number of aliphatic hydroxyl groups is 1. The maximum Gasteiger partial charge on any atom is 0.411 e. The predicted molar refractivity (Wildman–Crippen MR) is 133 cm³/mol. The number of para-hydroxylation sites is 1. The van der Waals surface area contributed by atoms with Crippen molar-refractivity contribution in [3.63, 3.8) is 0 Å². The van der Waals surface area contributed by atoms with Crippen molar-refractivity contribution in [2.75, 3.05) is 11.9 Å². The van der Waals surface area contributed by atoms with E-state index in [0.29, 0.717) is 38.0 Å². The van der Waals surface area contributed by atoms with Gasteiger partial charge in [0, 0.05) is 11.1 Å². The molecular weight excluding hydrogens is 445 g/mol. The summed E-state index contributed by atoms with van der Waals surface area (Å²) in [5.41, 5.74) is 4.49. The van der Waals surface area contributed by atoms with Gasteiger partial charge in [0.1, 0.15) is 5.82 Å². The number of nitrogens with one attached hydrogen (secondary N) is 1. The number of carbonyl (C=O) groups is 1. The Morgan fingerprint density at radius 3 is 2.77 bits per heavy atom. The zero-order valence-corrected chi connectivity index (χ0v) is 20.1. The second kappa shape index (κ2) is 8.96. The third kappa shape index (κ3) is 4.14. The molecule has 1 aromatic heterocycles. The minimum Gasteiger partial charge on any atom is -0.450 e. The number of halogens is 1. The van der Waals surface area contributed by atoms with Gasteiger partial charge in [0.15, 0.2) is 0 Å². The molecule has 0 saturated heterocycles. The van der Waals surface area contributed by atoms with Gasteiger partial charge in [0.25, 0.3) is 0 Å². The van der Waals surface area contributed by atoms with Crippen LogP contribution in [0.2, 0.25) is 0 Å². The van der Waals surface area contributed by atoms with E-state index in [-0.39, 0.29) is 5.82 Å². The lowest BCUT2D eigenvalue weighted by atomic mass is 9.65. The molecule has 5 rings (SSSR count). The Kier molecular flexibility index (Phi) is 5.97. The van der Waals surface area contributed by atoms with Crippen molar-refractivity contribution >= 4 is 17.9 Å². The monoisotopic (exact) mass is 475 g/mol. The zero-order chi connectivity index (χ0) is 24.6. The molecule has 6 nitrogen and oxygen atoms in total. The normalized spacial score (nSPS) is 22.8. The summed E-state index contributed by atoms with van der Waals surface area (Å²) in [6, 6.07) is 14.0. The van der Waals surface area contributed by atoms with E-state index in [9.17, 15) is 14.3 Å². The number of amides is 1. The average molecular weight is 476 g/mol. The topological polar surface area (TPSA) is 76.4 Å². The summed E-state index contributed by atoms with van der Waals surface area (Å²) in [7, 11) is 0. The van der Waals surface area contributed by atoms with Crippen LogP contribution < -0.4 is 5.32 Å². The molecule has 2 atom stereocenters. The van der Waals surface area contributed by atoms with E-state index >= 15 is 0 Å². The van der Waals surface area contributed by atoms with Crippen LogP contribution in [0.4, 0.5) is 14.9 Å². The number of aromatic nitrogens is 2. The van der Waals surface area contributed by atoms with Crippen LogP contribution in [0.3, 0.4) is 0 Å². The molecule has 2 aromatic carbocycles. The Bertz CT molecular complexity index is 1280. The highest BCUT2D eigenvalue weighted by Gasteiger charge is 2.54. The highest BCUT2D eigenvalue weighted by Crippen LogP contribution is 2.57. The van der Waals surface area contributed by atoms with Gasteiger partial charge in [-0.15, -0.1) is 0 Å². The number of hydrogen-bond acceptors (Lipinski definition) is 4. The molecule has 1 heterocycles. The van der Waals surface area contributed by atoms with E-state index in [0.717, 1.165) is 28.9 Å². The van der Waals surface area contributed by atoms with Gasteiger partial charge in [0.2, 0.25) is 0 Å². The molecule has 2 aliphatic rings. The van der Waals surface area contributed by atoms with Crippen molar-refractivity contribution in [3.8, 4) is 5.69 Å². The Hall–Kier alpha value is -3.45. The molecule has 1 saturated carbocycles. The van der Waals surface area contributed by atoms with E-state index in [1.54, 1.807) is 19.1 Å². The summed E-state index contributed by atoms with van der Waals surface area (Å²) in [6.45, 7) is 4.22. The Balaban J connectivity index is 1.37. The van der Waals surface area contributed by atoms with Gasteiger partial charge >= 0.3 is 6.09 Å². The molecule has 2 aliphatic carbocycles. The molecule has 0 radical (unpaired) electrons. The van der Waals surface area contributed by atoms with Gasteiger partial charge < -0.3 is 9.84 Å². The molecule has 35 heavy (non-hydrogen) atoms. The van der Waals surface area contributed by atoms with E-state index in [4.69, 9.17) is 4.74 Å². The number of ether oxygens (including phenoxy) is 1. The van der Waals surface area contributed by atoms with Gasteiger partial charge in [-0.3, -0.25) is 5.32 Å². The first-order valence-electron chi connectivity index (χ1n) is 12.1. The van der Waals surface area contributed by atoms with Gasteiger partial charge in [0.05, 0.1) is 29.8 Å². The van der Waals surface area contributed by atoms with Crippen LogP contribution in [-0.4, -0.2) is 33.2 Å².